The number of carbonyl (C=O) groups is 2. The van der Waals surface area contributed by atoms with E-state index < -0.39 is 0 Å². The summed E-state index contributed by atoms with van der Waals surface area (Å²) in [5.41, 5.74) is 1.72. The Hall–Kier alpha value is -2.56. The predicted octanol–water partition coefficient (Wildman–Crippen LogP) is 3.78. The van der Waals surface area contributed by atoms with E-state index in [4.69, 9.17) is 0 Å². The number of piperidine rings is 1. The van der Waals surface area contributed by atoms with Crippen molar-refractivity contribution in [2.45, 2.75) is 51.0 Å². The molecule has 2 fully saturated rings. The summed E-state index contributed by atoms with van der Waals surface area (Å²) >= 11 is 0. The van der Waals surface area contributed by atoms with Gasteiger partial charge in [-0.25, -0.2) is 0 Å². The molecule has 0 atom stereocenters. The number of hydrogen-bond donors (Lipinski definition) is 1. The van der Waals surface area contributed by atoms with Gasteiger partial charge in [-0.05, 0) is 62.1 Å². The van der Waals surface area contributed by atoms with Crippen LogP contribution in [0.15, 0.2) is 48.8 Å². The zero-order valence-electron chi connectivity index (χ0n) is 16.3. The summed E-state index contributed by atoms with van der Waals surface area (Å²) in [6.45, 7) is 1.51. The first kappa shape index (κ1) is 18.8. The minimum atomic E-state index is -0.0314. The Morgan fingerprint density at radius 1 is 0.857 bits per heavy atom. The van der Waals surface area contributed by atoms with E-state index in [1.807, 2.05) is 58.3 Å². The molecule has 2 heterocycles. The van der Waals surface area contributed by atoms with E-state index in [2.05, 4.69) is 5.32 Å². The summed E-state index contributed by atoms with van der Waals surface area (Å²) in [6.07, 6.45) is 11.4. The highest BCUT2D eigenvalue weighted by atomic mass is 16.2. The van der Waals surface area contributed by atoms with Crippen LogP contribution < -0.4 is 5.32 Å². The highest BCUT2D eigenvalue weighted by Gasteiger charge is 2.29. The van der Waals surface area contributed by atoms with Crippen molar-refractivity contribution in [2.24, 2.45) is 5.92 Å². The summed E-state index contributed by atoms with van der Waals surface area (Å²) in [5, 5.41) is 3.14. The Morgan fingerprint density at radius 2 is 1.50 bits per heavy atom. The van der Waals surface area contributed by atoms with Crippen LogP contribution in [0, 0.1) is 5.92 Å². The van der Waals surface area contributed by atoms with E-state index in [1.54, 1.807) is 0 Å². The lowest BCUT2D eigenvalue weighted by Crippen LogP contribution is -2.48. The van der Waals surface area contributed by atoms with Gasteiger partial charge in [0.2, 0.25) is 5.91 Å². The Balaban J connectivity index is 1.27. The normalized spacial score (nSPS) is 18.8. The topological polar surface area (TPSA) is 54.3 Å². The van der Waals surface area contributed by atoms with Crippen molar-refractivity contribution < 1.29 is 9.59 Å². The van der Waals surface area contributed by atoms with Crippen LogP contribution in [0.5, 0.6) is 0 Å². The van der Waals surface area contributed by atoms with E-state index in [0.29, 0.717) is 11.5 Å². The first-order valence-corrected chi connectivity index (χ1v) is 10.5. The number of rotatable bonds is 4. The van der Waals surface area contributed by atoms with Crippen molar-refractivity contribution in [1.82, 2.24) is 14.8 Å². The molecule has 4 rings (SSSR count). The second-order valence-electron chi connectivity index (χ2n) is 8.05. The van der Waals surface area contributed by atoms with Crippen molar-refractivity contribution in [3.05, 3.63) is 54.4 Å². The SMILES string of the molecule is O=C(NC1CCN(C(=O)C2CCCCC2)CC1)c1ccc(-n2cccc2)cc1. The van der Waals surface area contributed by atoms with Crippen LogP contribution in [-0.4, -0.2) is 40.4 Å². The first-order valence-electron chi connectivity index (χ1n) is 10.5. The molecule has 0 radical (unpaired) electrons. The number of carbonyl (C=O) groups excluding carboxylic acids is 2. The monoisotopic (exact) mass is 379 g/mol. The van der Waals surface area contributed by atoms with Crippen LogP contribution in [-0.2, 0) is 4.79 Å². The number of nitrogens with zero attached hydrogens (tertiary/aromatic N) is 2. The number of hydrogen-bond acceptors (Lipinski definition) is 2. The molecule has 2 aromatic rings. The summed E-state index contributed by atoms with van der Waals surface area (Å²) < 4.78 is 2.01. The molecule has 2 aliphatic rings. The molecule has 0 unspecified atom stereocenters. The number of likely N-dealkylation sites (tertiary alicyclic amines) is 1. The second kappa shape index (κ2) is 8.63. The van der Waals surface area contributed by atoms with Gasteiger partial charge in [-0.2, -0.15) is 0 Å². The smallest absolute Gasteiger partial charge is 0.251 e. The molecule has 1 aromatic heterocycles. The van der Waals surface area contributed by atoms with Gasteiger partial charge in [0.15, 0.2) is 0 Å². The molecule has 2 amide bonds. The van der Waals surface area contributed by atoms with E-state index in [0.717, 1.165) is 44.5 Å². The lowest BCUT2D eigenvalue weighted by Gasteiger charge is -2.35. The zero-order valence-corrected chi connectivity index (χ0v) is 16.3. The van der Waals surface area contributed by atoms with Gasteiger partial charge in [-0.1, -0.05) is 19.3 Å². The number of amides is 2. The average Bonchev–Trinajstić information content (AvgIpc) is 3.29. The highest BCUT2D eigenvalue weighted by molar-refractivity contribution is 5.94. The van der Waals surface area contributed by atoms with Crippen molar-refractivity contribution >= 4 is 11.8 Å². The molecular weight excluding hydrogens is 350 g/mol. The fraction of sp³-hybridized carbons (Fsp3) is 0.478. The van der Waals surface area contributed by atoms with Gasteiger partial charge in [-0.15, -0.1) is 0 Å². The molecule has 148 valence electrons. The highest BCUT2D eigenvalue weighted by Crippen LogP contribution is 2.26. The number of benzene rings is 1. The van der Waals surface area contributed by atoms with Crippen LogP contribution in [0.25, 0.3) is 5.69 Å². The van der Waals surface area contributed by atoms with Gasteiger partial charge in [0.25, 0.3) is 5.91 Å². The molecule has 1 saturated heterocycles. The Kier molecular flexibility index (Phi) is 5.79. The van der Waals surface area contributed by atoms with E-state index in [9.17, 15) is 9.59 Å². The molecule has 5 nitrogen and oxygen atoms in total. The van der Waals surface area contributed by atoms with Gasteiger partial charge < -0.3 is 14.8 Å². The van der Waals surface area contributed by atoms with Crippen molar-refractivity contribution in [3.63, 3.8) is 0 Å². The van der Waals surface area contributed by atoms with Gasteiger partial charge in [0, 0.05) is 48.7 Å². The van der Waals surface area contributed by atoms with Crippen LogP contribution in [0.3, 0.4) is 0 Å². The molecule has 1 N–H and O–H groups in total. The van der Waals surface area contributed by atoms with Crippen LogP contribution in [0.1, 0.15) is 55.3 Å². The number of nitrogens with one attached hydrogen (secondary N) is 1. The largest absolute Gasteiger partial charge is 0.349 e. The Morgan fingerprint density at radius 3 is 2.14 bits per heavy atom. The van der Waals surface area contributed by atoms with Crippen LogP contribution in [0.4, 0.5) is 0 Å². The van der Waals surface area contributed by atoms with Crippen LogP contribution >= 0.6 is 0 Å². The fourth-order valence-corrected chi connectivity index (χ4v) is 4.41. The minimum Gasteiger partial charge on any atom is -0.349 e. The molecule has 1 aliphatic carbocycles. The third-order valence-electron chi connectivity index (χ3n) is 6.13. The van der Waals surface area contributed by atoms with E-state index >= 15 is 0 Å². The zero-order chi connectivity index (χ0) is 19.3. The predicted molar refractivity (Wildman–Crippen MR) is 109 cm³/mol. The maximum absolute atomic E-state index is 12.7. The maximum Gasteiger partial charge on any atom is 0.251 e. The van der Waals surface area contributed by atoms with Crippen molar-refractivity contribution in [1.29, 1.82) is 0 Å². The quantitative estimate of drug-likeness (QED) is 0.879. The second-order valence-corrected chi connectivity index (χ2v) is 8.05. The molecular formula is C23H29N3O2. The van der Waals surface area contributed by atoms with Gasteiger partial charge in [-0.3, -0.25) is 9.59 Å². The Bertz CT molecular complexity index is 784. The third-order valence-corrected chi connectivity index (χ3v) is 6.13. The molecule has 1 aromatic carbocycles. The van der Waals surface area contributed by atoms with E-state index in [-0.39, 0.29) is 17.9 Å². The lowest BCUT2D eigenvalue weighted by molar-refractivity contribution is -0.137. The molecule has 0 spiro atoms. The maximum atomic E-state index is 12.7. The average molecular weight is 380 g/mol. The molecule has 1 aliphatic heterocycles. The molecule has 1 saturated carbocycles. The van der Waals surface area contributed by atoms with Gasteiger partial charge >= 0.3 is 0 Å². The molecule has 0 bridgehead atoms. The Labute approximate surface area is 166 Å². The summed E-state index contributed by atoms with van der Waals surface area (Å²) in [5.74, 6) is 0.542. The van der Waals surface area contributed by atoms with Crippen LogP contribution in [0.2, 0.25) is 0 Å². The summed E-state index contributed by atoms with van der Waals surface area (Å²) in [6, 6.07) is 11.8. The number of aromatic nitrogens is 1. The lowest BCUT2D eigenvalue weighted by atomic mass is 9.87. The minimum absolute atomic E-state index is 0.0314. The molecule has 5 heteroatoms. The third kappa shape index (κ3) is 4.29. The first-order chi connectivity index (χ1) is 13.7. The van der Waals surface area contributed by atoms with Gasteiger partial charge in [0.1, 0.15) is 0 Å². The fourth-order valence-electron chi connectivity index (χ4n) is 4.41. The summed E-state index contributed by atoms with van der Waals surface area (Å²) in [7, 11) is 0. The van der Waals surface area contributed by atoms with Crippen molar-refractivity contribution in [2.75, 3.05) is 13.1 Å². The standard InChI is InChI=1S/C23H29N3O2/c27-22(18-8-10-21(11-9-18)25-14-4-5-15-25)24-20-12-16-26(17-13-20)23(28)19-6-2-1-3-7-19/h4-5,8-11,14-15,19-20H,1-3,6-7,12-13,16-17H2,(H,24,27). The van der Waals surface area contributed by atoms with E-state index in [1.165, 1.54) is 19.3 Å². The van der Waals surface area contributed by atoms with Gasteiger partial charge in [0.05, 0.1) is 0 Å². The summed E-state index contributed by atoms with van der Waals surface area (Å²) in [4.78, 5) is 27.3. The van der Waals surface area contributed by atoms with Crippen molar-refractivity contribution in [3.8, 4) is 5.69 Å². The molecule has 28 heavy (non-hydrogen) atoms.